The molecule has 0 spiro atoms. The third-order valence-electron chi connectivity index (χ3n) is 2.75. The van der Waals surface area contributed by atoms with Gasteiger partial charge in [0.25, 0.3) is 0 Å². The van der Waals surface area contributed by atoms with E-state index in [2.05, 4.69) is 20.1 Å². The van der Waals surface area contributed by atoms with Crippen LogP contribution in [0.3, 0.4) is 0 Å². The van der Waals surface area contributed by atoms with Crippen molar-refractivity contribution in [3.05, 3.63) is 36.0 Å². The second-order valence-corrected chi connectivity index (χ2v) is 4.55. The Hall–Kier alpha value is -3.03. The maximum atomic E-state index is 11.6. The molecule has 0 aliphatic heterocycles. The number of esters is 2. The van der Waals surface area contributed by atoms with Gasteiger partial charge in [-0.15, -0.1) is 0 Å². The maximum absolute atomic E-state index is 11.6. The minimum Gasteiger partial charge on any atom is -0.492 e. The van der Waals surface area contributed by atoms with Crippen LogP contribution in [-0.2, 0) is 23.9 Å². The molecule has 0 unspecified atom stereocenters. The second-order valence-electron chi connectivity index (χ2n) is 4.55. The monoisotopic (exact) mass is 336 g/mol. The number of hydrogen-bond donors (Lipinski definition) is 2. The van der Waals surface area contributed by atoms with E-state index in [0.717, 1.165) is 6.08 Å². The molecule has 2 N–H and O–H groups in total. The molecule has 0 atom stereocenters. The quantitative estimate of drug-likeness (QED) is 0.412. The molecular formula is C16H20N2O6. The summed E-state index contributed by atoms with van der Waals surface area (Å²) in [6, 6.07) is 6.70. The summed E-state index contributed by atoms with van der Waals surface area (Å²) in [4.78, 5) is 33.7. The zero-order valence-electron chi connectivity index (χ0n) is 13.8. The highest BCUT2D eigenvalue weighted by Gasteiger charge is 2.12. The lowest BCUT2D eigenvalue weighted by atomic mass is 10.2. The summed E-state index contributed by atoms with van der Waals surface area (Å²) in [5.74, 6) is -0.898. The molecule has 0 radical (unpaired) electrons. The van der Waals surface area contributed by atoms with Gasteiger partial charge in [-0.1, -0.05) is 0 Å². The molecule has 0 saturated heterocycles. The van der Waals surface area contributed by atoms with Gasteiger partial charge in [0.2, 0.25) is 5.91 Å². The van der Waals surface area contributed by atoms with Crippen molar-refractivity contribution in [3.8, 4) is 5.75 Å². The Morgan fingerprint density at radius 1 is 1.08 bits per heavy atom. The fourth-order valence-electron chi connectivity index (χ4n) is 1.62. The van der Waals surface area contributed by atoms with Crippen LogP contribution in [0.4, 0.5) is 5.69 Å². The van der Waals surface area contributed by atoms with Crippen LogP contribution >= 0.6 is 0 Å². The van der Waals surface area contributed by atoms with Crippen LogP contribution < -0.4 is 15.4 Å². The Kier molecular flexibility index (Phi) is 7.83. The first-order valence-electron chi connectivity index (χ1n) is 7.08. The average molecular weight is 336 g/mol. The zero-order valence-corrected chi connectivity index (χ0v) is 13.8. The molecular weight excluding hydrogens is 316 g/mol. The molecule has 1 aromatic rings. The largest absolute Gasteiger partial charge is 0.492 e. The minimum absolute atomic E-state index is 0.0522. The summed E-state index contributed by atoms with van der Waals surface area (Å²) in [5, 5.41) is 5.39. The number of carbonyl (C=O) groups excluding carboxylic acids is 3. The summed E-state index contributed by atoms with van der Waals surface area (Å²) < 4.78 is 14.5. The Labute approximate surface area is 139 Å². The van der Waals surface area contributed by atoms with Gasteiger partial charge in [-0.25, -0.2) is 9.59 Å². The van der Waals surface area contributed by atoms with E-state index in [0.29, 0.717) is 24.6 Å². The van der Waals surface area contributed by atoms with Gasteiger partial charge in [0, 0.05) is 12.6 Å². The van der Waals surface area contributed by atoms with E-state index in [1.165, 1.54) is 21.1 Å². The van der Waals surface area contributed by atoms with Gasteiger partial charge >= 0.3 is 11.9 Å². The van der Waals surface area contributed by atoms with Crippen LogP contribution in [0.25, 0.3) is 0 Å². The van der Waals surface area contributed by atoms with E-state index in [-0.39, 0.29) is 11.6 Å². The van der Waals surface area contributed by atoms with Crippen LogP contribution in [0.1, 0.15) is 6.92 Å². The first-order valence-corrected chi connectivity index (χ1v) is 7.08. The van der Waals surface area contributed by atoms with Crippen LogP contribution in [0.2, 0.25) is 0 Å². The Morgan fingerprint density at radius 2 is 1.75 bits per heavy atom. The van der Waals surface area contributed by atoms with Crippen LogP contribution in [0, 0.1) is 0 Å². The SMILES string of the molecule is COC(=O)/C=C(/Nc1ccc(OCCNC(C)=O)cc1)C(=O)OC. The van der Waals surface area contributed by atoms with Gasteiger partial charge in [0.05, 0.1) is 26.8 Å². The van der Waals surface area contributed by atoms with Crippen molar-refractivity contribution in [1.29, 1.82) is 0 Å². The number of amides is 1. The Balaban J connectivity index is 2.66. The van der Waals surface area contributed by atoms with Crippen molar-refractivity contribution < 1.29 is 28.6 Å². The first-order chi connectivity index (χ1) is 11.5. The number of carbonyl (C=O) groups is 3. The lowest BCUT2D eigenvalue weighted by Gasteiger charge is -2.10. The standard InChI is InChI=1S/C16H20N2O6/c1-11(19)17-8-9-24-13-6-4-12(5-7-13)18-14(16(21)23-3)10-15(20)22-2/h4-7,10,18H,8-9H2,1-3H3,(H,17,19)/b14-10+. The summed E-state index contributed by atoms with van der Waals surface area (Å²) in [6.07, 6.45) is 1.00. The highest BCUT2D eigenvalue weighted by atomic mass is 16.5. The second kappa shape index (κ2) is 9.88. The first kappa shape index (κ1) is 19.0. The third-order valence-corrected chi connectivity index (χ3v) is 2.75. The van der Waals surface area contributed by atoms with Gasteiger partial charge in [0.15, 0.2) is 0 Å². The average Bonchev–Trinajstić information content (AvgIpc) is 2.58. The summed E-state index contributed by atoms with van der Waals surface area (Å²) in [7, 11) is 2.42. The molecule has 0 aliphatic carbocycles. The molecule has 1 aromatic carbocycles. The number of benzene rings is 1. The summed E-state index contributed by atoms with van der Waals surface area (Å²) in [6.45, 7) is 2.17. The molecule has 8 heteroatoms. The molecule has 0 bridgehead atoms. The number of hydrogen-bond acceptors (Lipinski definition) is 7. The number of rotatable bonds is 8. The van der Waals surface area contributed by atoms with Crippen molar-refractivity contribution in [2.24, 2.45) is 0 Å². The van der Waals surface area contributed by atoms with E-state index in [1.54, 1.807) is 24.3 Å². The van der Waals surface area contributed by atoms with Crippen LogP contribution in [0.15, 0.2) is 36.0 Å². The van der Waals surface area contributed by atoms with Gasteiger partial charge in [-0.3, -0.25) is 4.79 Å². The molecule has 0 fully saturated rings. The van der Waals surface area contributed by atoms with E-state index in [1.807, 2.05) is 0 Å². The molecule has 1 rings (SSSR count). The lowest BCUT2D eigenvalue weighted by molar-refractivity contribution is -0.138. The lowest BCUT2D eigenvalue weighted by Crippen LogP contribution is -2.25. The van der Waals surface area contributed by atoms with E-state index >= 15 is 0 Å². The number of ether oxygens (including phenoxy) is 3. The third kappa shape index (κ3) is 6.82. The van der Waals surface area contributed by atoms with Crippen molar-refractivity contribution >= 4 is 23.5 Å². The molecule has 24 heavy (non-hydrogen) atoms. The van der Waals surface area contributed by atoms with E-state index < -0.39 is 11.9 Å². The zero-order chi connectivity index (χ0) is 17.9. The molecule has 0 heterocycles. The predicted molar refractivity (Wildman–Crippen MR) is 86.4 cm³/mol. The number of methoxy groups -OCH3 is 2. The summed E-state index contributed by atoms with van der Waals surface area (Å²) in [5.41, 5.74) is 0.508. The van der Waals surface area contributed by atoms with Crippen molar-refractivity contribution in [2.45, 2.75) is 6.92 Å². The fraction of sp³-hybridized carbons (Fsp3) is 0.312. The highest BCUT2D eigenvalue weighted by Crippen LogP contribution is 2.17. The number of nitrogens with one attached hydrogen (secondary N) is 2. The topological polar surface area (TPSA) is 103 Å². The van der Waals surface area contributed by atoms with Gasteiger partial charge in [-0.2, -0.15) is 0 Å². The van der Waals surface area contributed by atoms with E-state index in [9.17, 15) is 14.4 Å². The number of anilines is 1. The molecule has 8 nitrogen and oxygen atoms in total. The minimum atomic E-state index is -0.698. The Morgan fingerprint density at radius 3 is 2.29 bits per heavy atom. The van der Waals surface area contributed by atoms with Gasteiger partial charge in [-0.05, 0) is 24.3 Å². The smallest absolute Gasteiger partial charge is 0.354 e. The summed E-state index contributed by atoms with van der Waals surface area (Å²) >= 11 is 0. The van der Waals surface area contributed by atoms with Crippen molar-refractivity contribution in [2.75, 3.05) is 32.7 Å². The van der Waals surface area contributed by atoms with Crippen molar-refractivity contribution in [1.82, 2.24) is 5.32 Å². The molecule has 130 valence electrons. The normalized spacial score (nSPS) is 10.5. The van der Waals surface area contributed by atoms with Crippen LogP contribution in [0.5, 0.6) is 5.75 Å². The van der Waals surface area contributed by atoms with Gasteiger partial charge < -0.3 is 24.8 Å². The Bertz CT molecular complexity index is 609. The molecule has 0 aromatic heterocycles. The molecule has 1 amide bonds. The van der Waals surface area contributed by atoms with Crippen LogP contribution in [-0.4, -0.2) is 45.2 Å². The van der Waals surface area contributed by atoms with Gasteiger partial charge in [0.1, 0.15) is 18.1 Å². The van der Waals surface area contributed by atoms with E-state index in [4.69, 9.17) is 4.74 Å². The molecule has 0 saturated carbocycles. The predicted octanol–water partition coefficient (Wildman–Crippen LogP) is 0.843. The maximum Gasteiger partial charge on any atom is 0.354 e. The molecule has 0 aliphatic rings. The van der Waals surface area contributed by atoms with Crippen molar-refractivity contribution in [3.63, 3.8) is 0 Å². The fourth-order valence-corrected chi connectivity index (χ4v) is 1.62. The highest BCUT2D eigenvalue weighted by molar-refractivity contribution is 5.98.